The maximum atomic E-state index is 13.1. The number of rotatable bonds is 6. The van der Waals surface area contributed by atoms with Crippen LogP contribution in [0.4, 0.5) is 15.8 Å². The largest absolute Gasteiger partial charge is 0.372 e. The van der Waals surface area contributed by atoms with E-state index in [2.05, 4.69) is 47.9 Å². The molecule has 0 aliphatic carbocycles. The predicted molar refractivity (Wildman–Crippen MR) is 103 cm³/mol. The lowest BCUT2D eigenvalue weighted by molar-refractivity contribution is -0.914. The van der Waals surface area contributed by atoms with Gasteiger partial charge in [0.15, 0.2) is 0 Å². The minimum atomic E-state index is -0.166. The molecule has 0 aromatic heterocycles. The van der Waals surface area contributed by atoms with Gasteiger partial charge in [0, 0.05) is 30.0 Å². The highest BCUT2D eigenvalue weighted by Crippen LogP contribution is 2.16. The van der Waals surface area contributed by atoms with Crippen molar-refractivity contribution in [2.45, 2.75) is 20.4 Å². The molecule has 0 atom stereocenters. The van der Waals surface area contributed by atoms with Gasteiger partial charge in [0.25, 0.3) is 0 Å². The fraction of sp³-hybridized carbons (Fsp3) is 0.429. The Bertz CT molecular complexity index is 642. The lowest BCUT2D eigenvalue weighted by atomic mass is 10.1. The standard InChI is InChI=1S/C21H28FN3/c1-3-24(4-2)20-9-5-18(6-10-20)17-23-13-15-25(16-14-23)21-11-7-19(22)8-12-21/h5-12H,3-4,13-17H2,1-2H3/p+1. The molecule has 1 N–H and O–H groups in total. The van der Waals surface area contributed by atoms with Crippen LogP contribution in [0.5, 0.6) is 0 Å². The second kappa shape index (κ2) is 8.34. The van der Waals surface area contributed by atoms with Crippen LogP contribution in [0.25, 0.3) is 0 Å². The fourth-order valence-corrected chi connectivity index (χ4v) is 3.61. The van der Waals surface area contributed by atoms with Crippen molar-refractivity contribution in [1.82, 2.24) is 0 Å². The van der Waals surface area contributed by atoms with Gasteiger partial charge in [-0.3, -0.25) is 0 Å². The number of benzene rings is 2. The fourth-order valence-electron chi connectivity index (χ4n) is 3.61. The van der Waals surface area contributed by atoms with Crippen molar-refractivity contribution < 1.29 is 9.29 Å². The molecule has 4 heteroatoms. The van der Waals surface area contributed by atoms with Gasteiger partial charge in [-0.15, -0.1) is 0 Å². The van der Waals surface area contributed by atoms with Gasteiger partial charge in [-0.05, 0) is 50.2 Å². The topological polar surface area (TPSA) is 10.9 Å². The van der Waals surface area contributed by atoms with E-state index < -0.39 is 0 Å². The first kappa shape index (κ1) is 17.7. The Kier molecular flexibility index (Phi) is 5.92. The molecule has 0 unspecified atom stereocenters. The molecule has 0 bridgehead atoms. The van der Waals surface area contributed by atoms with Crippen LogP contribution in [0.2, 0.25) is 0 Å². The van der Waals surface area contributed by atoms with Crippen molar-refractivity contribution >= 4 is 11.4 Å². The summed E-state index contributed by atoms with van der Waals surface area (Å²) >= 11 is 0. The number of anilines is 2. The molecule has 1 heterocycles. The maximum Gasteiger partial charge on any atom is 0.123 e. The Hall–Kier alpha value is -2.07. The van der Waals surface area contributed by atoms with Crippen LogP contribution in [-0.2, 0) is 6.54 Å². The molecule has 134 valence electrons. The first-order chi connectivity index (χ1) is 12.2. The predicted octanol–water partition coefficient (Wildman–Crippen LogP) is 2.58. The molecular weight excluding hydrogens is 313 g/mol. The first-order valence-corrected chi connectivity index (χ1v) is 9.37. The molecule has 1 aliphatic rings. The van der Waals surface area contributed by atoms with Crippen molar-refractivity contribution in [3.8, 4) is 0 Å². The quantitative estimate of drug-likeness (QED) is 0.865. The monoisotopic (exact) mass is 342 g/mol. The van der Waals surface area contributed by atoms with Crippen molar-refractivity contribution in [2.24, 2.45) is 0 Å². The van der Waals surface area contributed by atoms with E-state index in [1.54, 1.807) is 17.0 Å². The average molecular weight is 342 g/mol. The number of halogens is 1. The van der Waals surface area contributed by atoms with E-state index in [1.165, 1.54) is 11.3 Å². The molecule has 3 nitrogen and oxygen atoms in total. The molecule has 1 aliphatic heterocycles. The summed E-state index contributed by atoms with van der Waals surface area (Å²) < 4.78 is 13.1. The van der Waals surface area contributed by atoms with Crippen LogP contribution in [0.15, 0.2) is 48.5 Å². The molecule has 1 fully saturated rings. The molecule has 25 heavy (non-hydrogen) atoms. The molecule has 0 radical (unpaired) electrons. The van der Waals surface area contributed by atoms with E-state index in [0.717, 1.165) is 51.5 Å². The highest BCUT2D eigenvalue weighted by Gasteiger charge is 2.20. The SMILES string of the molecule is CCN(CC)c1ccc(C[NH+]2CCN(c3ccc(F)cc3)CC2)cc1. The van der Waals surface area contributed by atoms with Crippen molar-refractivity contribution in [2.75, 3.05) is 49.1 Å². The smallest absolute Gasteiger partial charge is 0.123 e. The molecule has 2 aromatic rings. The summed E-state index contributed by atoms with van der Waals surface area (Å²) in [5.74, 6) is -0.166. The zero-order chi connectivity index (χ0) is 17.6. The Morgan fingerprint density at radius 2 is 1.52 bits per heavy atom. The normalized spacial score (nSPS) is 15.4. The number of quaternary nitrogens is 1. The lowest BCUT2D eigenvalue weighted by Crippen LogP contribution is -3.13. The molecule has 0 amide bonds. The van der Waals surface area contributed by atoms with Gasteiger partial charge in [0.2, 0.25) is 0 Å². The minimum absolute atomic E-state index is 0.166. The van der Waals surface area contributed by atoms with Crippen LogP contribution in [0, 0.1) is 5.82 Å². The van der Waals surface area contributed by atoms with Gasteiger partial charge >= 0.3 is 0 Å². The van der Waals surface area contributed by atoms with E-state index in [4.69, 9.17) is 0 Å². The van der Waals surface area contributed by atoms with Crippen LogP contribution < -0.4 is 14.7 Å². The van der Waals surface area contributed by atoms with E-state index >= 15 is 0 Å². The van der Waals surface area contributed by atoms with Crippen LogP contribution in [-0.4, -0.2) is 39.3 Å². The van der Waals surface area contributed by atoms with E-state index in [1.807, 2.05) is 12.1 Å². The number of hydrogen-bond acceptors (Lipinski definition) is 2. The molecule has 0 spiro atoms. The number of piperazine rings is 1. The molecular formula is C21H29FN3+. The van der Waals surface area contributed by atoms with Crippen LogP contribution >= 0.6 is 0 Å². The number of hydrogen-bond donors (Lipinski definition) is 1. The van der Waals surface area contributed by atoms with Gasteiger partial charge in [-0.1, -0.05) is 12.1 Å². The summed E-state index contributed by atoms with van der Waals surface area (Å²) in [5, 5.41) is 0. The third-order valence-corrected chi connectivity index (χ3v) is 5.18. The van der Waals surface area contributed by atoms with Crippen molar-refractivity contribution in [3.05, 3.63) is 59.9 Å². The minimum Gasteiger partial charge on any atom is -0.372 e. The Morgan fingerprint density at radius 3 is 2.08 bits per heavy atom. The zero-order valence-electron chi connectivity index (χ0n) is 15.3. The summed E-state index contributed by atoms with van der Waals surface area (Å²) in [5.41, 5.74) is 3.84. The first-order valence-electron chi connectivity index (χ1n) is 9.37. The number of nitrogens with one attached hydrogen (secondary N) is 1. The Balaban J connectivity index is 1.52. The van der Waals surface area contributed by atoms with E-state index in [0.29, 0.717) is 0 Å². The summed E-state index contributed by atoms with van der Waals surface area (Å²) in [6.45, 7) is 11.9. The second-order valence-electron chi connectivity index (χ2n) is 6.73. The summed E-state index contributed by atoms with van der Waals surface area (Å²) in [6.07, 6.45) is 0. The summed E-state index contributed by atoms with van der Waals surface area (Å²) in [4.78, 5) is 6.35. The van der Waals surface area contributed by atoms with Gasteiger partial charge in [0.1, 0.15) is 12.4 Å². The summed E-state index contributed by atoms with van der Waals surface area (Å²) in [7, 11) is 0. The average Bonchev–Trinajstić information content (AvgIpc) is 2.65. The number of nitrogens with zero attached hydrogens (tertiary/aromatic N) is 2. The van der Waals surface area contributed by atoms with Gasteiger partial charge in [-0.25, -0.2) is 4.39 Å². The van der Waals surface area contributed by atoms with Crippen LogP contribution in [0.3, 0.4) is 0 Å². The molecule has 1 saturated heterocycles. The van der Waals surface area contributed by atoms with E-state index in [9.17, 15) is 4.39 Å². The third-order valence-electron chi connectivity index (χ3n) is 5.18. The zero-order valence-corrected chi connectivity index (χ0v) is 15.3. The molecule has 3 rings (SSSR count). The second-order valence-corrected chi connectivity index (χ2v) is 6.73. The van der Waals surface area contributed by atoms with Crippen molar-refractivity contribution in [3.63, 3.8) is 0 Å². The Morgan fingerprint density at radius 1 is 0.920 bits per heavy atom. The molecule has 0 saturated carbocycles. The lowest BCUT2D eigenvalue weighted by Gasteiger charge is -2.33. The van der Waals surface area contributed by atoms with Gasteiger partial charge in [-0.2, -0.15) is 0 Å². The highest BCUT2D eigenvalue weighted by molar-refractivity contribution is 5.47. The van der Waals surface area contributed by atoms with E-state index in [-0.39, 0.29) is 5.82 Å². The maximum absolute atomic E-state index is 13.1. The van der Waals surface area contributed by atoms with Gasteiger partial charge in [0.05, 0.1) is 26.2 Å². The van der Waals surface area contributed by atoms with Crippen molar-refractivity contribution in [1.29, 1.82) is 0 Å². The Labute approximate surface area is 150 Å². The molecule has 2 aromatic carbocycles. The highest BCUT2D eigenvalue weighted by atomic mass is 19.1. The third kappa shape index (κ3) is 4.51. The van der Waals surface area contributed by atoms with Gasteiger partial charge < -0.3 is 14.7 Å². The summed E-state index contributed by atoms with van der Waals surface area (Å²) in [6, 6.07) is 15.9. The van der Waals surface area contributed by atoms with Crippen LogP contribution in [0.1, 0.15) is 19.4 Å².